The zero-order valence-corrected chi connectivity index (χ0v) is 12.3. The van der Waals surface area contributed by atoms with Crippen LogP contribution in [0.2, 0.25) is 5.02 Å². The van der Waals surface area contributed by atoms with Crippen LogP contribution in [0.4, 0.5) is 5.69 Å². The molecule has 1 N–H and O–H groups in total. The lowest BCUT2D eigenvalue weighted by Crippen LogP contribution is -2.07. The molecule has 0 saturated heterocycles. The van der Waals surface area contributed by atoms with E-state index in [1.165, 1.54) is 12.8 Å². The minimum atomic E-state index is 0.584. The lowest BCUT2D eigenvalue weighted by atomic mass is 10.3. The monoisotopic (exact) mass is 297 g/mol. The summed E-state index contributed by atoms with van der Waals surface area (Å²) in [7, 11) is 0. The van der Waals surface area contributed by atoms with Crippen molar-refractivity contribution in [2.45, 2.75) is 25.4 Å². The molecular formula is C17H16ClN3. The molecule has 1 heterocycles. The van der Waals surface area contributed by atoms with Gasteiger partial charge in [-0.05, 0) is 43.2 Å². The second-order valence-corrected chi connectivity index (χ2v) is 5.92. The van der Waals surface area contributed by atoms with Crippen molar-refractivity contribution in [2.75, 3.05) is 5.32 Å². The van der Waals surface area contributed by atoms with Gasteiger partial charge in [0.2, 0.25) is 0 Å². The average molecular weight is 298 g/mol. The van der Waals surface area contributed by atoms with Crippen LogP contribution in [0.5, 0.6) is 0 Å². The minimum absolute atomic E-state index is 0.584. The van der Waals surface area contributed by atoms with Gasteiger partial charge in [0.15, 0.2) is 0 Å². The molecule has 1 saturated carbocycles. The quantitative estimate of drug-likeness (QED) is 0.760. The number of nitrogens with zero attached hydrogens (tertiary/aromatic N) is 2. The van der Waals surface area contributed by atoms with E-state index in [0.29, 0.717) is 6.04 Å². The average Bonchev–Trinajstić information content (AvgIpc) is 3.28. The first-order valence-electron chi connectivity index (χ1n) is 7.26. The van der Waals surface area contributed by atoms with E-state index in [-0.39, 0.29) is 0 Å². The summed E-state index contributed by atoms with van der Waals surface area (Å²) < 4.78 is 2.34. The summed E-state index contributed by atoms with van der Waals surface area (Å²) in [5, 5.41) is 4.21. The first-order chi connectivity index (χ1) is 10.3. The minimum Gasteiger partial charge on any atom is -0.378 e. The summed E-state index contributed by atoms with van der Waals surface area (Å²) in [5.41, 5.74) is 3.29. The molecule has 106 valence electrons. The normalized spacial score (nSPS) is 14.5. The maximum Gasteiger partial charge on any atom is 0.129 e. The van der Waals surface area contributed by atoms with Crippen LogP contribution in [0, 0.1) is 0 Å². The highest BCUT2D eigenvalue weighted by atomic mass is 35.5. The van der Waals surface area contributed by atoms with E-state index in [1.54, 1.807) is 0 Å². The van der Waals surface area contributed by atoms with Crippen LogP contribution in [0.15, 0.2) is 48.5 Å². The molecule has 0 aliphatic heterocycles. The Balaban J connectivity index is 1.69. The number of benzene rings is 2. The van der Waals surface area contributed by atoms with Crippen LogP contribution in [0.25, 0.3) is 11.0 Å². The van der Waals surface area contributed by atoms with E-state index in [0.717, 1.165) is 34.1 Å². The molecule has 21 heavy (non-hydrogen) atoms. The first-order valence-corrected chi connectivity index (χ1v) is 7.64. The Hall–Kier alpha value is -2.00. The molecule has 4 heteroatoms. The Bertz CT molecular complexity index is 775. The zero-order chi connectivity index (χ0) is 14.2. The molecule has 1 aliphatic carbocycles. The number of nitrogens with one attached hydrogen (secondary N) is 1. The van der Waals surface area contributed by atoms with E-state index >= 15 is 0 Å². The van der Waals surface area contributed by atoms with Gasteiger partial charge in [0.1, 0.15) is 5.82 Å². The van der Waals surface area contributed by atoms with Crippen molar-refractivity contribution in [3.63, 3.8) is 0 Å². The number of imidazole rings is 1. The Morgan fingerprint density at radius 2 is 1.95 bits per heavy atom. The molecule has 0 spiro atoms. The van der Waals surface area contributed by atoms with Crippen molar-refractivity contribution in [1.29, 1.82) is 0 Å². The number of fused-ring (bicyclic) bond motifs is 1. The smallest absolute Gasteiger partial charge is 0.129 e. The molecule has 0 radical (unpaired) electrons. The van der Waals surface area contributed by atoms with Crippen LogP contribution < -0.4 is 5.32 Å². The van der Waals surface area contributed by atoms with Crippen LogP contribution in [0.3, 0.4) is 0 Å². The van der Waals surface area contributed by atoms with Crippen LogP contribution >= 0.6 is 11.6 Å². The molecular weight excluding hydrogens is 282 g/mol. The third-order valence-corrected chi connectivity index (χ3v) is 4.10. The molecule has 2 aromatic carbocycles. The standard InChI is InChI=1S/C17H16ClN3/c18-12-6-9-15-16(10-12)21(14-7-8-14)17(20-15)11-19-13-4-2-1-3-5-13/h1-6,9-10,14,19H,7-8,11H2. The van der Waals surface area contributed by atoms with E-state index < -0.39 is 0 Å². The molecule has 1 aliphatic rings. The topological polar surface area (TPSA) is 29.9 Å². The Morgan fingerprint density at radius 1 is 1.14 bits per heavy atom. The number of anilines is 1. The van der Waals surface area contributed by atoms with Crippen molar-refractivity contribution in [3.05, 3.63) is 59.4 Å². The fourth-order valence-electron chi connectivity index (χ4n) is 2.72. The van der Waals surface area contributed by atoms with Gasteiger partial charge in [-0.1, -0.05) is 29.8 Å². The highest BCUT2D eigenvalue weighted by Gasteiger charge is 2.28. The van der Waals surface area contributed by atoms with Crippen LogP contribution in [0.1, 0.15) is 24.7 Å². The fourth-order valence-corrected chi connectivity index (χ4v) is 2.88. The van der Waals surface area contributed by atoms with Gasteiger partial charge in [-0.2, -0.15) is 0 Å². The lowest BCUT2D eigenvalue weighted by Gasteiger charge is -2.09. The van der Waals surface area contributed by atoms with E-state index in [1.807, 2.05) is 36.4 Å². The summed E-state index contributed by atoms with van der Waals surface area (Å²) >= 11 is 6.14. The van der Waals surface area contributed by atoms with Gasteiger partial charge in [-0.15, -0.1) is 0 Å². The second kappa shape index (κ2) is 5.08. The largest absolute Gasteiger partial charge is 0.378 e. The first kappa shape index (κ1) is 12.7. The van der Waals surface area contributed by atoms with E-state index in [4.69, 9.17) is 16.6 Å². The molecule has 1 fully saturated rings. The number of para-hydroxylation sites is 1. The predicted molar refractivity (Wildman–Crippen MR) is 86.8 cm³/mol. The van der Waals surface area contributed by atoms with Gasteiger partial charge >= 0.3 is 0 Å². The maximum atomic E-state index is 6.14. The third-order valence-electron chi connectivity index (χ3n) is 3.86. The van der Waals surface area contributed by atoms with E-state index in [2.05, 4.69) is 22.0 Å². The molecule has 0 amide bonds. The SMILES string of the molecule is Clc1ccc2nc(CNc3ccccc3)n(C3CC3)c2c1. The third kappa shape index (κ3) is 2.49. The van der Waals surface area contributed by atoms with Gasteiger partial charge in [-0.3, -0.25) is 0 Å². The van der Waals surface area contributed by atoms with Gasteiger partial charge in [0.05, 0.1) is 17.6 Å². The summed E-state index contributed by atoms with van der Waals surface area (Å²) in [5.74, 6) is 1.08. The van der Waals surface area contributed by atoms with Gasteiger partial charge in [0.25, 0.3) is 0 Å². The predicted octanol–water partition coefficient (Wildman–Crippen LogP) is 4.64. The van der Waals surface area contributed by atoms with Gasteiger partial charge in [0, 0.05) is 16.8 Å². The van der Waals surface area contributed by atoms with Crippen molar-refractivity contribution in [2.24, 2.45) is 0 Å². The Morgan fingerprint density at radius 3 is 2.71 bits per heavy atom. The highest BCUT2D eigenvalue weighted by molar-refractivity contribution is 6.31. The fraction of sp³-hybridized carbons (Fsp3) is 0.235. The van der Waals surface area contributed by atoms with Crippen molar-refractivity contribution in [1.82, 2.24) is 9.55 Å². The number of aromatic nitrogens is 2. The Kier molecular flexibility index (Phi) is 3.08. The maximum absolute atomic E-state index is 6.14. The summed E-state index contributed by atoms with van der Waals surface area (Å²) in [4.78, 5) is 4.77. The number of hydrogen-bond acceptors (Lipinski definition) is 2. The Labute approximate surface area is 128 Å². The molecule has 1 aromatic heterocycles. The molecule has 3 nitrogen and oxygen atoms in total. The molecule has 0 atom stereocenters. The highest BCUT2D eigenvalue weighted by Crippen LogP contribution is 2.39. The van der Waals surface area contributed by atoms with E-state index in [9.17, 15) is 0 Å². The number of hydrogen-bond donors (Lipinski definition) is 1. The molecule has 3 aromatic rings. The van der Waals surface area contributed by atoms with Gasteiger partial charge < -0.3 is 9.88 Å². The lowest BCUT2D eigenvalue weighted by molar-refractivity contribution is 0.711. The van der Waals surface area contributed by atoms with Crippen molar-refractivity contribution < 1.29 is 0 Å². The van der Waals surface area contributed by atoms with Crippen molar-refractivity contribution >= 4 is 28.3 Å². The number of rotatable bonds is 4. The molecule has 0 unspecified atom stereocenters. The van der Waals surface area contributed by atoms with Gasteiger partial charge in [-0.25, -0.2) is 4.98 Å². The molecule has 0 bridgehead atoms. The summed E-state index contributed by atoms with van der Waals surface area (Å²) in [6.45, 7) is 0.729. The summed E-state index contributed by atoms with van der Waals surface area (Å²) in [6.07, 6.45) is 2.46. The summed E-state index contributed by atoms with van der Waals surface area (Å²) in [6, 6.07) is 16.7. The second-order valence-electron chi connectivity index (χ2n) is 5.48. The van der Waals surface area contributed by atoms with Crippen LogP contribution in [-0.2, 0) is 6.54 Å². The number of halogens is 1. The van der Waals surface area contributed by atoms with Crippen molar-refractivity contribution in [3.8, 4) is 0 Å². The molecule has 4 rings (SSSR count). The van der Waals surface area contributed by atoms with Crippen LogP contribution in [-0.4, -0.2) is 9.55 Å². The zero-order valence-electron chi connectivity index (χ0n) is 11.6.